The maximum absolute atomic E-state index is 9.32. The van der Waals surface area contributed by atoms with Gasteiger partial charge in [0.15, 0.2) is 0 Å². The van der Waals surface area contributed by atoms with E-state index in [2.05, 4.69) is 12.2 Å². The van der Waals surface area contributed by atoms with Crippen LogP contribution in [0.2, 0.25) is 0 Å². The number of aliphatic hydroxyl groups excluding tert-OH is 1. The van der Waals surface area contributed by atoms with Gasteiger partial charge in [0.05, 0.1) is 12.2 Å². The Kier molecular flexibility index (Phi) is 3.83. The van der Waals surface area contributed by atoms with E-state index in [1.165, 1.54) is 0 Å². The Balaban J connectivity index is 2.05. The lowest BCUT2D eigenvalue weighted by atomic mass is 10.2. The Bertz CT molecular complexity index is 108. The molecule has 0 bridgehead atoms. The smallest absolute Gasteiger partial charge is 0.0958 e. The Morgan fingerprint density at radius 3 is 3.00 bits per heavy atom. The van der Waals surface area contributed by atoms with Crippen LogP contribution in [0.15, 0.2) is 0 Å². The number of nitrogens with one attached hydrogen (secondary N) is 1. The Hall–Kier alpha value is -0.120. The molecule has 0 amide bonds. The fourth-order valence-corrected chi connectivity index (χ4v) is 1.25. The molecule has 1 rings (SSSR count). The summed E-state index contributed by atoms with van der Waals surface area (Å²) in [6, 6.07) is 0. The number of hydrogen-bond acceptors (Lipinski definition) is 3. The summed E-state index contributed by atoms with van der Waals surface area (Å²) >= 11 is 0. The first kappa shape index (κ1) is 8.97. The molecule has 66 valence electrons. The van der Waals surface area contributed by atoms with Crippen molar-refractivity contribution in [1.82, 2.24) is 5.32 Å². The normalized spacial score (nSPS) is 31.1. The number of hydrogen-bond donors (Lipinski definition) is 2. The summed E-state index contributed by atoms with van der Waals surface area (Å²) in [5.74, 6) is 0. The van der Waals surface area contributed by atoms with Crippen LogP contribution in [0.3, 0.4) is 0 Å². The Morgan fingerprint density at radius 1 is 1.64 bits per heavy atom. The van der Waals surface area contributed by atoms with E-state index >= 15 is 0 Å². The lowest BCUT2D eigenvalue weighted by Crippen LogP contribution is -2.33. The van der Waals surface area contributed by atoms with Gasteiger partial charge in [-0.05, 0) is 19.4 Å². The first-order valence-corrected chi connectivity index (χ1v) is 4.35. The zero-order valence-electron chi connectivity index (χ0n) is 7.05. The van der Waals surface area contributed by atoms with Crippen molar-refractivity contribution in [3.63, 3.8) is 0 Å². The number of rotatable bonds is 4. The third kappa shape index (κ3) is 2.77. The van der Waals surface area contributed by atoms with Gasteiger partial charge in [0.1, 0.15) is 0 Å². The molecule has 2 atom stereocenters. The predicted octanol–water partition coefficient (Wildman–Crippen LogP) is 0.136. The van der Waals surface area contributed by atoms with Gasteiger partial charge >= 0.3 is 0 Å². The molecule has 1 saturated heterocycles. The Morgan fingerprint density at radius 2 is 2.45 bits per heavy atom. The van der Waals surface area contributed by atoms with Crippen LogP contribution in [0.25, 0.3) is 0 Å². The maximum Gasteiger partial charge on any atom is 0.0958 e. The van der Waals surface area contributed by atoms with Gasteiger partial charge in [0.2, 0.25) is 0 Å². The van der Waals surface area contributed by atoms with E-state index in [-0.39, 0.29) is 12.2 Å². The molecule has 0 saturated carbocycles. The highest BCUT2D eigenvalue weighted by molar-refractivity contribution is 4.76. The van der Waals surface area contributed by atoms with Crippen molar-refractivity contribution in [2.24, 2.45) is 0 Å². The molecule has 0 aromatic rings. The highest BCUT2D eigenvalue weighted by Gasteiger charge is 2.25. The molecular weight excluding hydrogens is 142 g/mol. The third-order valence-corrected chi connectivity index (χ3v) is 1.95. The van der Waals surface area contributed by atoms with E-state index in [0.717, 1.165) is 25.9 Å². The molecule has 1 aliphatic heterocycles. The van der Waals surface area contributed by atoms with Gasteiger partial charge in [-0.25, -0.2) is 0 Å². The summed E-state index contributed by atoms with van der Waals surface area (Å²) in [4.78, 5) is 0. The molecule has 1 heterocycles. The first-order valence-electron chi connectivity index (χ1n) is 4.35. The van der Waals surface area contributed by atoms with E-state index in [4.69, 9.17) is 4.74 Å². The summed E-state index contributed by atoms with van der Waals surface area (Å²) in [6.45, 7) is 4.63. The molecule has 0 unspecified atom stereocenters. The molecule has 0 aromatic heterocycles. The predicted molar refractivity (Wildman–Crippen MR) is 43.5 cm³/mol. The molecule has 0 aromatic carbocycles. The molecule has 3 heteroatoms. The molecule has 0 spiro atoms. The van der Waals surface area contributed by atoms with Crippen molar-refractivity contribution < 1.29 is 9.84 Å². The van der Waals surface area contributed by atoms with Crippen LogP contribution in [0.4, 0.5) is 0 Å². The molecular formula is C8H17NO2. The minimum Gasteiger partial charge on any atom is -0.390 e. The standard InChI is InChI=1S/C8H17NO2/c1-2-4-9-6-8-7(10)3-5-11-8/h7-10H,2-6H2,1H3/t7-,8-/m1/s1. The van der Waals surface area contributed by atoms with Crippen molar-refractivity contribution in [2.75, 3.05) is 19.7 Å². The lowest BCUT2D eigenvalue weighted by Gasteiger charge is -2.13. The van der Waals surface area contributed by atoms with Crippen LogP contribution in [-0.2, 0) is 4.74 Å². The zero-order valence-corrected chi connectivity index (χ0v) is 7.05. The van der Waals surface area contributed by atoms with Crippen molar-refractivity contribution in [3.05, 3.63) is 0 Å². The highest BCUT2D eigenvalue weighted by Crippen LogP contribution is 2.11. The van der Waals surface area contributed by atoms with Crippen LogP contribution in [0.1, 0.15) is 19.8 Å². The van der Waals surface area contributed by atoms with Gasteiger partial charge in [0, 0.05) is 13.2 Å². The van der Waals surface area contributed by atoms with Crippen molar-refractivity contribution in [3.8, 4) is 0 Å². The fourth-order valence-electron chi connectivity index (χ4n) is 1.25. The molecule has 1 aliphatic rings. The SMILES string of the molecule is CCCNC[C@H]1OCC[C@H]1O. The van der Waals surface area contributed by atoms with Gasteiger partial charge in [-0.3, -0.25) is 0 Å². The largest absolute Gasteiger partial charge is 0.390 e. The van der Waals surface area contributed by atoms with Gasteiger partial charge in [-0.15, -0.1) is 0 Å². The zero-order chi connectivity index (χ0) is 8.10. The molecule has 0 aliphatic carbocycles. The number of ether oxygens (including phenoxy) is 1. The van der Waals surface area contributed by atoms with E-state index < -0.39 is 0 Å². The van der Waals surface area contributed by atoms with Gasteiger partial charge in [0.25, 0.3) is 0 Å². The Labute approximate surface area is 67.7 Å². The van der Waals surface area contributed by atoms with Crippen LogP contribution in [0, 0.1) is 0 Å². The monoisotopic (exact) mass is 159 g/mol. The average Bonchev–Trinajstić information content (AvgIpc) is 2.37. The summed E-state index contributed by atoms with van der Waals surface area (Å²) in [5, 5.41) is 12.5. The minimum absolute atomic E-state index is 0.0292. The summed E-state index contributed by atoms with van der Waals surface area (Å²) in [6.07, 6.45) is 1.70. The molecule has 11 heavy (non-hydrogen) atoms. The van der Waals surface area contributed by atoms with Crippen LogP contribution < -0.4 is 5.32 Å². The lowest BCUT2D eigenvalue weighted by molar-refractivity contribution is 0.0430. The van der Waals surface area contributed by atoms with E-state index in [1.807, 2.05) is 0 Å². The topological polar surface area (TPSA) is 41.5 Å². The minimum atomic E-state index is -0.251. The van der Waals surface area contributed by atoms with E-state index in [0.29, 0.717) is 6.61 Å². The molecule has 2 N–H and O–H groups in total. The van der Waals surface area contributed by atoms with Crippen molar-refractivity contribution in [1.29, 1.82) is 0 Å². The first-order chi connectivity index (χ1) is 5.34. The van der Waals surface area contributed by atoms with Crippen LogP contribution in [-0.4, -0.2) is 37.0 Å². The van der Waals surface area contributed by atoms with E-state index in [1.54, 1.807) is 0 Å². The second kappa shape index (κ2) is 4.70. The van der Waals surface area contributed by atoms with Gasteiger partial charge < -0.3 is 15.2 Å². The highest BCUT2D eigenvalue weighted by atomic mass is 16.5. The van der Waals surface area contributed by atoms with Crippen LogP contribution in [0.5, 0.6) is 0 Å². The second-order valence-corrected chi connectivity index (χ2v) is 2.97. The molecule has 0 radical (unpaired) electrons. The maximum atomic E-state index is 9.32. The summed E-state index contributed by atoms with van der Waals surface area (Å²) < 4.78 is 5.30. The summed E-state index contributed by atoms with van der Waals surface area (Å²) in [5.41, 5.74) is 0. The molecule has 1 fully saturated rings. The summed E-state index contributed by atoms with van der Waals surface area (Å²) in [7, 11) is 0. The van der Waals surface area contributed by atoms with Crippen LogP contribution >= 0.6 is 0 Å². The average molecular weight is 159 g/mol. The number of aliphatic hydroxyl groups is 1. The quantitative estimate of drug-likeness (QED) is 0.573. The van der Waals surface area contributed by atoms with Gasteiger partial charge in [-0.1, -0.05) is 6.92 Å². The fraction of sp³-hybridized carbons (Fsp3) is 1.00. The van der Waals surface area contributed by atoms with Crippen molar-refractivity contribution >= 4 is 0 Å². The van der Waals surface area contributed by atoms with Gasteiger partial charge in [-0.2, -0.15) is 0 Å². The van der Waals surface area contributed by atoms with Crippen molar-refractivity contribution in [2.45, 2.75) is 32.0 Å². The molecule has 3 nitrogen and oxygen atoms in total. The van der Waals surface area contributed by atoms with E-state index in [9.17, 15) is 5.11 Å². The third-order valence-electron chi connectivity index (χ3n) is 1.95. The second-order valence-electron chi connectivity index (χ2n) is 2.97.